The van der Waals surface area contributed by atoms with Gasteiger partial charge in [0, 0.05) is 6.54 Å². The summed E-state index contributed by atoms with van der Waals surface area (Å²) in [5.74, 6) is -0.232. The lowest BCUT2D eigenvalue weighted by Gasteiger charge is -2.27. The summed E-state index contributed by atoms with van der Waals surface area (Å²) in [6, 6.07) is -0.272. The second-order valence-electron chi connectivity index (χ2n) is 5.31. The van der Waals surface area contributed by atoms with Gasteiger partial charge in [0.25, 0.3) is 0 Å². The molecule has 0 bridgehead atoms. The van der Waals surface area contributed by atoms with Crippen LogP contribution < -0.4 is 5.76 Å². The van der Waals surface area contributed by atoms with E-state index in [-0.39, 0.29) is 6.04 Å². The number of ether oxygens (including phenoxy) is 1. The molecule has 1 amide bonds. The van der Waals surface area contributed by atoms with E-state index in [0.29, 0.717) is 12.4 Å². The minimum absolute atomic E-state index is 0.272. The van der Waals surface area contributed by atoms with Crippen LogP contribution in [0.3, 0.4) is 0 Å². The van der Waals surface area contributed by atoms with Gasteiger partial charge in [-0.3, -0.25) is 14.4 Å². The minimum Gasteiger partial charge on any atom is -0.444 e. The number of nitrogens with one attached hydrogen (secondary N) is 1. The number of carbonyl (C=O) groups excluding carboxylic acids is 1. The van der Waals surface area contributed by atoms with Crippen LogP contribution in [0, 0.1) is 0 Å². The van der Waals surface area contributed by atoms with Crippen LogP contribution >= 0.6 is 0 Å². The van der Waals surface area contributed by atoms with Crippen LogP contribution in [0.15, 0.2) is 9.32 Å². The molecular formula is C11H17N3O4. The highest BCUT2D eigenvalue weighted by Crippen LogP contribution is 2.30. The number of aromatic amines is 1. The van der Waals surface area contributed by atoms with E-state index in [1.54, 1.807) is 4.90 Å². The molecule has 7 heteroatoms. The maximum atomic E-state index is 12.0. The van der Waals surface area contributed by atoms with E-state index in [1.807, 2.05) is 20.8 Å². The average molecular weight is 255 g/mol. The first-order valence-electron chi connectivity index (χ1n) is 5.92. The molecule has 18 heavy (non-hydrogen) atoms. The first-order chi connectivity index (χ1) is 8.37. The van der Waals surface area contributed by atoms with Crippen LogP contribution in [0.4, 0.5) is 4.79 Å². The van der Waals surface area contributed by atoms with Gasteiger partial charge in [-0.15, -0.1) is 0 Å². The first-order valence-corrected chi connectivity index (χ1v) is 5.92. The molecule has 100 valence electrons. The van der Waals surface area contributed by atoms with Gasteiger partial charge in [-0.2, -0.15) is 0 Å². The van der Waals surface area contributed by atoms with Crippen LogP contribution in [0.25, 0.3) is 0 Å². The van der Waals surface area contributed by atoms with Crippen molar-refractivity contribution in [1.82, 2.24) is 15.0 Å². The summed E-state index contributed by atoms with van der Waals surface area (Å²) in [5.41, 5.74) is -0.540. The Morgan fingerprint density at radius 3 is 2.83 bits per heavy atom. The van der Waals surface area contributed by atoms with Crippen molar-refractivity contribution in [2.75, 3.05) is 6.54 Å². The van der Waals surface area contributed by atoms with Gasteiger partial charge in [-0.1, -0.05) is 5.16 Å². The van der Waals surface area contributed by atoms with Crippen LogP contribution in [-0.2, 0) is 4.74 Å². The van der Waals surface area contributed by atoms with Crippen LogP contribution in [0.1, 0.15) is 45.5 Å². The highest BCUT2D eigenvalue weighted by atomic mass is 16.6. The lowest BCUT2D eigenvalue weighted by molar-refractivity contribution is 0.0217. The molecule has 1 saturated heterocycles. The topological polar surface area (TPSA) is 88.4 Å². The molecule has 1 fully saturated rings. The van der Waals surface area contributed by atoms with Crippen molar-refractivity contribution in [3.05, 3.63) is 16.4 Å². The van der Waals surface area contributed by atoms with Gasteiger partial charge >= 0.3 is 11.8 Å². The first kappa shape index (κ1) is 12.7. The average Bonchev–Trinajstić information content (AvgIpc) is 2.81. The molecule has 2 heterocycles. The number of aromatic nitrogens is 2. The maximum Gasteiger partial charge on any atom is 0.438 e. The van der Waals surface area contributed by atoms with E-state index in [4.69, 9.17) is 4.74 Å². The van der Waals surface area contributed by atoms with Crippen molar-refractivity contribution < 1.29 is 14.1 Å². The Bertz CT molecular complexity index is 485. The predicted octanol–water partition coefficient (Wildman–Crippen LogP) is 1.43. The van der Waals surface area contributed by atoms with E-state index < -0.39 is 17.5 Å². The van der Waals surface area contributed by atoms with E-state index >= 15 is 0 Å². The highest BCUT2D eigenvalue weighted by Gasteiger charge is 2.35. The number of carbonyl (C=O) groups is 1. The zero-order chi connectivity index (χ0) is 13.3. The molecule has 1 N–H and O–H groups in total. The van der Waals surface area contributed by atoms with Crippen molar-refractivity contribution >= 4 is 6.09 Å². The molecule has 0 aliphatic carbocycles. The predicted molar refractivity (Wildman–Crippen MR) is 62.0 cm³/mol. The second-order valence-corrected chi connectivity index (χ2v) is 5.31. The fourth-order valence-corrected chi connectivity index (χ4v) is 1.98. The summed E-state index contributed by atoms with van der Waals surface area (Å²) in [4.78, 5) is 27.0. The largest absolute Gasteiger partial charge is 0.444 e. The normalized spacial score (nSPS) is 20.2. The Hall–Kier alpha value is -1.79. The van der Waals surface area contributed by atoms with Crippen molar-refractivity contribution in [2.24, 2.45) is 0 Å². The van der Waals surface area contributed by atoms with Crippen LogP contribution in [0.5, 0.6) is 0 Å². The minimum atomic E-state index is -0.610. The summed E-state index contributed by atoms with van der Waals surface area (Å²) in [7, 11) is 0. The third-order valence-electron chi connectivity index (χ3n) is 2.65. The SMILES string of the molecule is CC(C)(C)OC(=O)N1CCC[C@H]1c1noc(=O)[nH]1. The Labute approximate surface area is 104 Å². The van der Waals surface area contributed by atoms with Gasteiger partial charge in [0.2, 0.25) is 0 Å². The standard InChI is InChI=1S/C11H17N3O4/c1-11(2,3)17-10(16)14-6-4-5-7(14)8-12-9(15)18-13-8/h7H,4-6H2,1-3H3,(H,12,13,15)/t7-/m0/s1. The van der Waals surface area contributed by atoms with Gasteiger partial charge in [0.1, 0.15) is 5.60 Å². The molecule has 2 rings (SSSR count). The molecule has 1 aromatic rings. The zero-order valence-corrected chi connectivity index (χ0v) is 10.7. The summed E-state index contributed by atoms with van der Waals surface area (Å²) in [6.45, 7) is 6.03. The van der Waals surface area contributed by atoms with Gasteiger partial charge in [0.15, 0.2) is 5.82 Å². The zero-order valence-electron chi connectivity index (χ0n) is 10.7. The number of hydrogen-bond donors (Lipinski definition) is 1. The van der Waals surface area contributed by atoms with Crippen molar-refractivity contribution in [3.63, 3.8) is 0 Å². The molecule has 0 saturated carbocycles. The van der Waals surface area contributed by atoms with E-state index in [2.05, 4.69) is 14.7 Å². The molecule has 1 aliphatic heterocycles. The Balaban J connectivity index is 2.13. The monoisotopic (exact) mass is 255 g/mol. The molecule has 0 aromatic carbocycles. The Kier molecular flexibility index (Phi) is 3.14. The summed E-state index contributed by atoms with van der Waals surface area (Å²) in [6.07, 6.45) is 1.19. The number of amides is 1. The van der Waals surface area contributed by atoms with E-state index in [9.17, 15) is 9.59 Å². The Morgan fingerprint density at radius 1 is 1.56 bits per heavy atom. The van der Waals surface area contributed by atoms with Crippen molar-refractivity contribution in [3.8, 4) is 0 Å². The van der Waals surface area contributed by atoms with Crippen molar-refractivity contribution in [1.29, 1.82) is 0 Å². The smallest absolute Gasteiger partial charge is 0.438 e. The molecule has 0 spiro atoms. The fourth-order valence-electron chi connectivity index (χ4n) is 1.98. The van der Waals surface area contributed by atoms with E-state index in [1.165, 1.54) is 0 Å². The van der Waals surface area contributed by atoms with Crippen LogP contribution in [-0.4, -0.2) is 33.3 Å². The molecule has 7 nitrogen and oxygen atoms in total. The third kappa shape index (κ3) is 2.72. The second kappa shape index (κ2) is 4.47. The lowest BCUT2D eigenvalue weighted by atomic mass is 10.2. The fraction of sp³-hybridized carbons (Fsp3) is 0.727. The van der Waals surface area contributed by atoms with Gasteiger partial charge < -0.3 is 4.74 Å². The van der Waals surface area contributed by atoms with Gasteiger partial charge in [0.05, 0.1) is 6.04 Å². The number of likely N-dealkylation sites (tertiary alicyclic amines) is 1. The molecule has 1 aliphatic rings. The molecular weight excluding hydrogens is 238 g/mol. The number of H-pyrrole nitrogens is 1. The van der Waals surface area contributed by atoms with Gasteiger partial charge in [-0.05, 0) is 33.6 Å². The summed E-state index contributed by atoms with van der Waals surface area (Å²) < 4.78 is 9.78. The lowest BCUT2D eigenvalue weighted by Crippen LogP contribution is -2.36. The van der Waals surface area contributed by atoms with E-state index in [0.717, 1.165) is 12.8 Å². The quantitative estimate of drug-likeness (QED) is 0.820. The molecule has 1 atom stereocenters. The molecule has 1 aromatic heterocycles. The third-order valence-corrected chi connectivity index (χ3v) is 2.65. The molecule has 0 radical (unpaired) electrons. The summed E-state index contributed by atoms with van der Waals surface area (Å²) in [5, 5.41) is 3.63. The van der Waals surface area contributed by atoms with Crippen LogP contribution in [0.2, 0.25) is 0 Å². The Morgan fingerprint density at radius 2 is 2.28 bits per heavy atom. The highest BCUT2D eigenvalue weighted by molar-refractivity contribution is 5.69. The number of rotatable bonds is 1. The van der Waals surface area contributed by atoms with Gasteiger partial charge in [-0.25, -0.2) is 9.59 Å². The number of hydrogen-bond acceptors (Lipinski definition) is 5. The maximum absolute atomic E-state index is 12.0. The summed E-state index contributed by atoms with van der Waals surface area (Å²) >= 11 is 0. The molecule has 0 unspecified atom stereocenters. The van der Waals surface area contributed by atoms with Crippen molar-refractivity contribution in [2.45, 2.75) is 45.3 Å². The number of nitrogens with zero attached hydrogens (tertiary/aromatic N) is 2.